The molecule has 0 spiro atoms. The maximum atomic E-state index is 11.9. The van der Waals surface area contributed by atoms with Crippen LogP contribution in [0.2, 0.25) is 0 Å². The first-order valence-electron chi connectivity index (χ1n) is 7.61. The van der Waals surface area contributed by atoms with Gasteiger partial charge in [0.05, 0.1) is 5.92 Å². The van der Waals surface area contributed by atoms with E-state index < -0.39 is 11.9 Å². The minimum Gasteiger partial charge on any atom is -0.481 e. The molecule has 1 aliphatic heterocycles. The van der Waals surface area contributed by atoms with Gasteiger partial charge in [0.1, 0.15) is 0 Å². The first-order valence-corrected chi connectivity index (χ1v) is 7.61. The molecule has 0 unspecified atom stereocenters. The van der Waals surface area contributed by atoms with Crippen molar-refractivity contribution >= 4 is 17.9 Å². The summed E-state index contributed by atoms with van der Waals surface area (Å²) >= 11 is 0. The fraction of sp³-hybridized carbons (Fsp3) is 0.786. The lowest BCUT2D eigenvalue weighted by Gasteiger charge is -2.30. The third kappa shape index (κ3) is 5.24. The first kappa shape index (κ1) is 15.6. The molecule has 2 rings (SSSR count). The highest BCUT2D eigenvalue weighted by molar-refractivity contribution is 5.77. The fourth-order valence-corrected chi connectivity index (χ4v) is 2.45. The van der Waals surface area contributed by atoms with Crippen LogP contribution in [-0.2, 0) is 9.59 Å². The summed E-state index contributed by atoms with van der Waals surface area (Å²) in [4.78, 5) is 35.9. The Morgan fingerprint density at radius 3 is 2.62 bits per heavy atom. The van der Waals surface area contributed by atoms with E-state index in [4.69, 9.17) is 5.11 Å². The van der Waals surface area contributed by atoms with Gasteiger partial charge in [-0.3, -0.25) is 9.59 Å². The molecule has 2 aliphatic rings. The molecule has 1 saturated carbocycles. The van der Waals surface area contributed by atoms with E-state index in [1.807, 2.05) is 0 Å². The van der Waals surface area contributed by atoms with Crippen LogP contribution in [0.5, 0.6) is 0 Å². The van der Waals surface area contributed by atoms with Crippen molar-refractivity contribution in [1.82, 2.24) is 15.5 Å². The summed E-state index contributed by atoms with van der Waals surface area (Å²) < 4.78 is 0. The molecule has 118 valence electrons. The molecule has 2 fully saturated rings. The predicted octanol–water partition coefficient (Wildman–Crippen LogP) is 0.551. The van der Waals surface area contributed by atoms with E-state index in [1.54, 1.807) is 4.90 Å². The van der Waals surface area contributed by atoms with Crippen molar-refractivity contribution in [2.75, 3.05) is 19.6 Å². The van der Waals surface area contributed by atoms with Crippen molar-refractivity contribution in [3.8, 4) is 0 Å². The minimum absolute atomic E-state index is 0.0377. The van der Waals surface area contributed by atoms with Gasteiger partial charge in [-0.05, 0) is 32.1 Å². The lowest BCUT2D eigenvalue weighted by molar-refractivity contribution is -0.143. The first-order chi connectivity index (χ1) is 10.1. The molecule has 21 heavy (non-hydrogen) atoms. The smallest absolute Gasteiger partial charge is 0.317 e. The number of nitrogens with zero attached hydrogens (tertiary/aromatic N) is 1. The quantitative estimate of drug-likeness (QED) is 0.623. The number of rotatable bonds is 6. The molecule has 0 radical (unpaired) electrons. The van der Waals surface area contributed by atoms with Crippen molar-refractivity contribution < 1.29 is 19.5 Å². The van der Waals surface area contributed by atoms with Gasteiger partial charge >= 0.3 is 12.0 Å². The zero-order chi connectivity index (χ0) is 15.2. The number of urea groups is 1. The summed E-state index contributed by atoms with van der Waals surface area (Å²) in [6.45, 7) is 1.30. The van der Waals surface area contributed by atoms with Crippen LogP contribution in [0, 0.1) is 5.92 Å². The highest BCUT2D eigenvalue weighted by atomic mass is 16.4. The Bertz CT molecular complexity index is 409. The number of piperidine rings is 1. The maximum absolute atomic E-state index is 11.9. The Morgan fingerprint density at radius 1 is 1.19 bits per heavy atom. The van der Waals surface area contributed by atoms with Crippen LogP contribution in [0.1, 0.15) is 38.5 Å². The largest absolute Gasteiger partial charge is 0.481 e. The number of hydrogen-bond acceptors (Lipinski definition) is 3. The summed E-state index contributed by atoms with van der Waals surface area (Å²) in [6, 6.07) is 0.136. The number of carboxylic acids is 1. The van der Waals surface area contributed by atoms with Gasteiger partial charge in [-0.25, -0.2) is 4.79 Å². The van der Waals surface area contributed by atoms with Crippen molar-refractivity contribution in [3.63, 3.8) is 0 Å². The van der Waals surface area contributed by atoms with Gasteiger partial charge in [-0.15, -0.1) is 0 Å². The van der Waals surface area contributed by atoms with Crippen LogP contribution in [0.15, 0.2) is 0 Å². The second-order valence-electron chi connectivity index (χ2n) is 5.80. The highest BCUT2D eigenvalue weighted by Crippen LogP contribution is 2.18. The van der Waals surface area contributed by atoms with E-state index in [2.05, 4.69) is 10.6 Å². The molecule has 3 amide bonds. The summed E-state index contributed by atoms with van der Waals surface area (Å²) in [5.41, 5.74) is 0. The number of hydrogen-bond donors (Lipinski definition) is 3. The molecule has 1 saturated heterocycles. The van der Waals surface area contributed by atoms with Crippen LogP contribution in [0.25, 0.3) is 0 Å². The van der Waals surface area contributed by atoms with Gasteiger partial charge in [0.15, 0.2) is 0 Å². The van der Waals surface area contributed by atoms with Gasteiger partial charge in [0.2, 0.25) is 5.91 Å². The van der Waals surface area contributed by atoms with E-state index in [1.165, 1.54) is 0 Å². The SMILES string of the molecule is O=C(CCCNC(=O)N1CCC[C@@H](C(=O)O)C1)NC1CC1. The van der Waals surface area contributed by atoms with Gasteiger partial charge in [0, 0.05) is 32.1 Å². The zero-order valence-corrected chi connectivity index (χ0v) is 12.1. The summed E-state index contributed by atoms with van der Waals surface area (Å²) in [5.74, 6) is -1.27. The lowest BCUT2D eigenvalue weighted by Crippen LogP contribution is -2.47. The van der Waals surface area contributed by atoms with Gasteiger partial charge in [-0.1, -0.05) is 0 Å². The summed E-state index contributed by atoms with van der Waals surface area (Å²) in [5, 5.41) is 14.6. The second-order valence-corrected chi connectivity index (χ2v) is 5.80. The zero-order valence-electron chi connectivity index (χ0n) is 12.1. The molecule has 3 N–H and O–H groups in total. The molecular formula is C14H23N3O4. The van der Waals surface area contributed by atoms with E-state index in [0.717, 1.165) is 12.8 Å². The van der Waals surface area contributed by atoms with E-state index >= 15 is 0 Å². The minimum atomic E-state index is -0.843. The third-order valence-electron chi connectivity index (χ3n) is 3.86. The summed E-state index contributed by atoms with van der Waals surface area (Å²) in [6.07, 6.45) is 4.49. The predicted molar refractivity (Wildman–Crippen MR) is 75.7 cm³/mol. The number of likely N-dealkylation sites (tertiary alicyclic amines) is 1. The Hall–Kier alpha value is -1.79. The van der Waals surface area contributed by atoms with Gasteiger partial charge in [0.25, 0.3) is 0 Å². The molecule has 0 aromatic heterocycles. The van der Waals surface area contributed by atoms with Crippen LogP contribution < -0.4 is 10.6 Å². The maximum Gasteiger partial charge on any atom is 0.317 e. The Kier molecular flexibility index (Phi) is 5.41. The van der Waals surface area contributed by atoms with E-state index in [0.29, 0.717) is 44.8 Å². The molecule has 0 bridgehead atoms. The topological polar surface area (TPSA) is 98.7 Å². The molecule has 1 heterocycles. The van der Waals surface area contributed by atoms with E-state index in [-0.39, 0.29) is 18.5 Å². The normalized spacial score (nSPS) is 21.7. The van der Waals surface area contributed by atoms with Crippen molar-refractivity contribution in [2.24, 2.45) is 5.92 Å². The van der Waals surface area contributed by atoms with Crippen molar-refractivity contribution in [3.05, 3.63) is 0 Å². The average Bonchev–Trinajstić information content (AvgIpc) is 3.27. The number of carbonyl (C=O) groups excluding carboxylic acids is 2. The molecule has 1 aliphatic carbocycles. The molecule has 7 nitrogen and oxygen atoms in total. The Morgan fingerprint density at radius 2 is 1.95 bits per heavy atom. The average molecular weight is 297 g/mol. The number of amides is 3. The van der Waals surface area contributed by atoms with E-state index in [9.17, 15) is 14.4 Å². The lowest BCUT2D eigenvalue weighted by atomic mass is 9.99. The number of carbonyl (C=O) groups is 3. The summed E-state index contributed by atoms with van der Waals surface area (Å²) in [7, 11) is 0. The number of aliphatic carboxylic acids is 1. The third-order valence-corrected chi connectivity index (χ3v) is 3.86. The standard InChI is InChI=1S/C14H23N3O4/c18-12(16-11-5-6-11)4-1-7-15-14(21)17-8-2-3-10(9-17)13(19)20/h10-11H,1-9H2,(H,15,21)(H,16,18)(H,19,20)/t10-/m1/s1. The van der Waals surface area contributed by atoms with Crippen LogP contribution in [-0.4, -0.2) is 53.6 Å². The monoisotopic (exact) mass is 297 g/mol. The second kappa shape index (κ2) is 7.28. The molecule has 7 heteroatoms. The molecule has 1 atom stereocenters. The molecular weight excluding hydrogens is 274 g/mol. The number of carboxylic acid groups (broad SMARTS) is 1. The van der Waals surface area contributed by atoms with Crippen LogP contribution in [0.3, 0.4) is 0 Å². The van der Waals surface area contributed by atoms with Crippen molar-refractivity contribution in [2.45, 2.75) is 44.6 Å². The molecule has 0 aromatic rings. The van der Waals surface area contributed by atoms with Crippen molar-refractivity contribution in [1.29, 1.82) is 0 Å². The molecule has 0 aromatic carbocycles. The van der Waals surface area contributed by atoms with Crippen LogP contribution in [0.4, 0.5) is 4.79 Å². The number of nitrogens with one attached hydrogen (secondary N) is 2. The van der Waals surface area contributed by atoms with Crippen LogP contribution >= 0.6 is 0 Å². The van der Waals surface area contributed by atoms with Gasteiger partial charge < -0.3 is 20.6 Å². The van der Waals surface area contributed by atoms with Gasteiger partial charge in [-0.2, -0.15) is 0 Å². The fourth-order valence-electron chi connectivity index (χ4n) is 2.45. The Labute approximate surface area is 124 Å². The Balaban J connectivity index is 1.59. The highest BCUT2D eigenvalue weighted by Gasteiger charge is 2.28.